The van der Waals surface area contributed by atoms with Crippen molar-refractivity contribution in [2.75, 3.05) is 0 Å². The lowest BCUT2D eigenvalue weighted by Gasteiger charge is -2.35. The number of hydrogen-bond donors (Lipinski definition) is 1. The molecular weight excluding hydrogens is 236 g/mol. The molecule has 3 aliphatic carbocycles. The lowest BCUT2D eigenvalue weighted by Crippen LogP contribution is -2.36. The molecule has 0 bridgehead atoms. The Hall–Kier alpha value is -1.83. The first-order chi connectivity index (χ1) is 9.21. The van der Waals surface area contributed by atoms with Gasteiger partial charge in [-0.2, -0.15) is 0 Å². The summed E-state index contributed by atoms with van der Waals surface area (Å²) in [5.41, 5.74) is 4.23. The number of carbonyl (C=O) groups is 1. The molecule has 0 fully saturated rings. The van der Waals surface area contributed by atoms with Crippen LogP contribution in [0.1, 0.15) is 30.4 Å². The second-order valence-corrected chi connectivity index (χ2v) is 5.87. The van der Waals surface area contributed by atoms with E-state index in [-0.39, 0.29) is 5.41 Å². The van der Waals surface area contributed by atoms with Gasteiger partial charge in [0, 0.05) is 0 Å². The topological polar surface area (TPSA) is 37.3 Å². The van der Waals surface area contributed by atoms with E-state index in [1.165, 1.54) is 5.57 Å². The summed E-state index contributed by atoms with van der Waals surface area (Å²) in [6.07, 6.45) is 8.50. The highest BCUT2D eigenvalue weighted by Gasteiger charge is 2.48. The van der Waals surface area contributed by atoms with Gasteiger partial charge in [0.25, 0.3) is 0 Å². The van der Waals surface area contributed by atoms with Crippen molar-refractivity contribution in [3.8, 4) is 5.75 Å². The summed E-state index contributed by atoms with van der Waals surface area (Å²) in [7, 11) is 0. The molecule has 19 heavy (non-hydrogen) atoms. The summed E-state index contributed by atoms with van der Waals surface area (Å²) < 4.78 is 0. The van der Waals surface area contributed by atoms with Crippen LogP contribution in [0.3, 0.4) is 0 Å². The van der Waals surface area contributed by atoms with Crippen LogP contribution in [0.4, 0.5) is 0 Å². The molecule has 4 rings (SSSR count). The summed E-state index contributed by atoms with van der Waals surface area (Å²) in [6, 6.07) is 5.68. The number of carbonyl (C=O) groups excluding carboxylic acids is 1. The van der Waals surface area contributed by atoms with Crippen molar-refractivity contribution in [2.45, 2.75) is 32.1 Å². The molecule has 0 heterocycles. The van der Waals surface area contributed by atoms with Crippen molar-refractivity contribution in [1.82, 2.24) is 0 Å². The smallest absolute Gasteiger partial charge is 0.169 e. The SMILES string of the molecule is O=C(C1=CC1)C1(C2=CC2)CCc2c(O)cccc2C1. The monoisotopic (exact) mass is 252 g/mol. The molecule has 0 saturated carbocycles. The van der Waals surface area contributed by atoms with Crippen LogP contribution in [0.15, 0.2) is 41.5 Å². The molecular formula is C17H16O2. The van der Waals surface area contributed by atoms with E-state index in [2.05, 4.69) is 12.1 Å². The number of ketones is 1. The number of fused-ring (bicyclic) bond motifs is 1. The van der Waals surface area contributed by atoms with Crippen molar-refractivity contribution in [1.29, 1.82) is 0 Å². The fourth-order valence-corrected chi connectivity index (χ4v) is 3.43. The normalized spacial score (nSPS) is 27.2. The van der Waals surface area contributed by atoms with Crippen molar-refractivity contribution >= 4 is 5.78 Å². The van der Waals surface area contributed by atoms with Crippen LogP contribution < -0.4 is 0 Å². The largest absolute Gasteiger partial charge is 0.508 e. The van der Waals surface area contributed by atoms with Crippen molar-refractivity contribution < 1.29 is 9.90 Å². The van der Waals surface area contributed by atoms with Gasteiger partial charge in [-0.05, 0) is 54.9 Å². The molecule has 0 saturated heterocycles. The number of Topliss-reactive ketones (excluding diaryl/α,β-unsaturated/α-hetero) is 1. The van der Waals surface area contributed by atoms with Crippen molar-refractivity contribution in [3.05, 3.63) is 52.6 Å². The van der Waals surface area contributed by atoms with E-state index in [0.717, 1.165) is 48.8 Å². The average molecular weight is 252 g/mol. The van der Waals surface area contributed by atoms with Crippen LogP contribution in [-0.4, -0.2) is 10.9 Å². The molecule has 1 aromatic carbocycles. The van der Waals surface area contributed by atoms with Gasteiger partial charge in [0.05, 0.1) is 5.41 Å². The van der Waals surface area contributed by atoms with Crippen LogP contribution in [-0.2, 0) is 17.6 Å². The van der Waals surface area contributed by atoms with Crippen LogP contribution in [0, 0.1) is 5.41 Å². The van der Waals surface area contributed by atoms with Gasteiger partial charge in [0.1, 0.15) is 5.75 Å². The fraction of sp³-hybridized carbons (Fsp3) is 0.353. The standard InChI is InChI=1S/C17H16O2/c18-15-3-1-2-12-10-17(13-6-7-13,9-8-14(12)15)16(19)11-4-5-11/h1-4,6,18H,5,7-10H2. The van der Waals surface area contributed by atoms with E-state index < -0.39 is 0 Å². The third kappa shape index (κ3) is 1.59. The highest BCUT2D eigenvalue weighted by Crippen LogP contribution is 2.52. The third-order valence-corrected chi connectivity index (χ3v) is 4.70. The number of benzene rings is 1. The van der Waals surface area contributed by atoms with Crippen molar-refractivity contribution in [2.24, 2.45) is 5.41 Å². The molecule has 2 heteroatoms. The summed E-state index contributed by atoms with van der Waals surface area (Å²) in [5.74, 6) is 0.721. The quantitative estimate of drug-likeness (QED) is 0.839. The van der Waals surface area contributed by atoms with E-state index in [9.17, 15) is 9.90 Å². The zero-order valence-electron chi connectivity index (χ0n) is 10.8. The minimum atomic E-state index is -0.289. The second-order valence-electron chi connectivity index (χ2n) is 5.87. The maximum atomic E-state index is 12.7. The number of rotatable bonds is 3. The minimum absolute atomic E-state index is 0.289. The Morgan fingerprint density at radius 2 is 2.00 bits per heavy atom. The Bertz CT molecular complexity index is 651. The van der Waals surface area contributed by atoms with Gasteiger partial charge in [-0.3, -0.25) is 4.79 Å². The predicted molar refractivity (Wildman–Crippen MR) is 73.0 cm³/mol. The first-order valence-corrected chi connectivity index (χ1v) is 6.94. The van der Waals surface area contributed by atoms with Crippen LogP contribution in [0.25, 0.3) is 0 Å². The van der Waals surface area contributed by atoms with E-state index in [1.54, 1.807) is 6.07 Å². The molecule has 0 aliphatic heterocycles. The Balaban J connectivity index is 1.77. The zero-order chi connectivity index (χ0) is 13.0. The molecule has 3 aliphatic rings. The van der Waals surface area contributed by atoms with E-state index in [0.29, 0.717) is 11.5 Å². The number of phenols is 1. The lowest BCUT2D eigenvalue weighted by atomic mass is 9.66. The first-order valence-electron chi connectivity index (χ1n) is 6.94. The first kappa shape index (κ1) is 11.0. The molecule has 2 nitrogen and oxygen atoms in total. The molecule has 1 N–H and O–H groups in total. The maximum Gasteiger partial charge on any atom is 0.169 e. The van der Waals surface area contributed by atoms with Gasteiger partial charge in [-0.25, -0.2) is 0 Å². The maximum absolute atomic E-state index is 12.7. The number of allylic oxidation sites excluding steroid dienone is 4. The molecule has 0 radical (unpaired) electrons. The number of phenolic OH excluding ortho intramolecular Hbond substituents is 1. The Morgan fingerprint density at radius 1 is 1.21 bits per heavy atom. The number of aromatic hydroxyl groups is 1. The van der Waals surface area contributed by atoms with Gasteiger partial charge in [0.15, 0.2) is 5.78 Å². The van der Waals surface area contributed by atoms with Gasteiger partial charge >= 0.3 is 0 Å². The average Bonchev–Trinajstić information content (AvgIpc) is 3.30. The zero-order valence-corrected chi connectivity index (χ0v) is 10.8. The fourth-order valence-electron chi connectivity index (χ4n) is 3.43. The molecule has 1 unspecified atom stereocenters. The molecule has 0 spiro atoms. The Labute approximate surface area is 112 Å². The van der Waals surface area contributed by atoms with Crippen molar-refractivity contribution in [3.63, 3.8) is 0 Å². The van der Waals surface area contributed by atoms with Gasteiger partial charge in [0.2, 0.25) is 0 Å². The Morgan fingerprint density at radius 3 is 2.68 bits per heavy atom. The second kappa shape index (κ2) is 3.60. The molecule has 0 amide bonds. The molecule has 96 valence electrons. The third-order valence-electron chi connectivity index (χ3n) is 4.70. The molecule has 1 atom stereocenters. The Kier molecular flexibility index (Phi) is 2.09. The van der Waals surface area contributed by atoms with Gasteiger partial charge in [-0.15, -0.1) is 0 Å². The minimum Gasteiger partial charge on any atom is -0.508 e. The predicted octanol–water partition coefficient (Wildman–Crippen LogP) is 3.10. The lowest BCUT2D eigenvalue weighted by molar-refractivity contribution is -0.123. The van der Waals surface area contributed by atoms with Crippen LogP contribution in [0.2, 0.25) is 0 Å². The van der Waals surface area contributed by atoms with E-state index in [4.69, 9.17) is 0 Å². The summed E-state index contributed by atoms with van der Waals surface area (Å²) in [4.78, 5) is 12.7. The highest BCUT2D eigenvalue weighted by atomic mass is 16.3. The van der Waals surface area contributed by atoms with Crippen LogP contribution >= 0.6 is 0 Å². The van der Waals surface area contributed by atoms with Crippen LogP contribution in [0.5, 0.6) is 5.75 Å². The molecule has 0 aromatic heterocycles. The number of hydrogen-bond acceptors (Lipinski definition) is 2. The summed E-state index contributed by atoms with van der Waals surface area (Å²) in [6.45, 7) is 0. The highest BCUT2D eigenvalue weighted by molar-refractivity contribution is 6.06. The van der Waals surface area contributed by atoms with Gasteiger partial charge < -0.3 is 5.11 Å². The summed E-state index contributed by atoms with van der Waals surface area (Å²) in [5, 5.41) is 9.93. The van der Waals surface area contributed by atoms with E-state index >= 15 is 0 Å². The van der Waals surface area contributed by atoms with Gasteiger partial charge in [-0.1, -0.05) is 29.9 Å². The van der Waals surface area contributed by atoms with E-state index in [1.807, 2.05) is 12.1 Å². The summed E-state index contributed by atoms with van der Waals surface area (Å²) >= 11 is 0. The molecule has 1 aromatic rings.